The Morgan fingerprint density at radius 3 is 1.48 bits per heavy atom. The van der Waals surface area contributed by atoms with E-state index in [0.717, 1.165) is 43.3 Å². The van der Waals surface area contributed by atoms with Gasteiger partial charge in [-0.1, -0.05) is 83.3 Å². The fourth-order valence-electron chi connectivity index (χ4n) is 4.57. The Morgan fingerprint density at radius 2 is 1.07 bits per heavy atom. The number of aromatic amines is 2. The van der Waals surface area contributed by atoms with Gasteiger partial charge in [-0.25, -0.2) is 0 Å². The van der Waals surface area contributed by atoms with Crippen LogP contribution < -0.4 is 0 Å². The molecule has 0 atom stereocenters. The van der Waals surface area contributed by atoms with Crippen molar-refractivity contribution < 1.29 is 15.0 Å². The third-order valence-electron chi connectivity index (χ3n) is 6.43. The number of aromatic nitrogens is 2. The van der Waals surface area contributed by atoms with E-state index in [1.54, 1.807) is 12.1 Å². The van der Waals surface area contributed by atoms with Crippen LogP contribution in [0.3, 0.4) is 0 Å². The van der Waals surface area contributed by atoms with Crippen molar-refractivity contribution in [2.75, 3.05) is 0 Å². The molecular formula is C30H23IN4O5. The number of aliphatic hydroxyl groups is 1. The fraction of sp³-hybridized carbons (Fsp3) is 0.0667. The zero-order valence-electron chi connectivity index (χ0n) is 21.0. The Morgan fingerprint density at radius 1 is 0.650 bits per heavy atom. The van der Waals surface area contributed by atoms with Crippen LogP contribution in [0.2, 0.25) is 0 Å². The molecule has 3 N–H and O–H groups in total. The molecule has 0 spiro atoms. The number of halogens is 1. The lowest BCUT2D eigenvalue weighted by atomic mass is 10.1. The molecule has 10 heteroatoms. The number of nitro groups is 2. The predicted octanol–water partition coefficient (Wildman–Crippen LogP) is 7.91. The second-order valence-electron chi connectivity index (χ2n) is 9.06. The van der Waals surface area contributed by atoms with Gasteiger partial charge < -0.3 is 15.1 Å². The van der Waals surface area contributed by atoms with Gasteiger partial charge in [-0.15, -0.1) is 0 Å². The smallest absolute Gasteiger partial charge is 0.293 e. The number of nitrogens with zero attached hydrogens (tertiary/aromatic N) is 2. The molecule has 0 aliphatic heterocycles. The number of hydrogen-bond acceptors (Lipinski definition) is 5. The molecule has 0 fully saturated rings. The third-order valence-corrected chi connectivity index (χ3v) is 7.32. The average Bonchev–Trinajstić information content (AvgIpc) is 3.61. The number of benzene rings is 4. The first-order valence-electron chi connectivity index (χ1n) is 12.3. The van der Waals surface area contributed by atoms with Crippen molar-refractivity contribution >= 4 is 55.8 Å². The van der Waals surface area contributed by atoms with Gasteiger partial charge in [-0.05, 0) is 46.5 Å². The van der Waals surface area contributed by atoms with E-state index >= 15 is 0 Å². The van der Waals surface area contributed by atoms with Crippen LogP contribution in [-0.2, 0) is 11.0 Å². The van der Waals surface area contributed by atoms with Crippen LogP contribution in [0.1, 0.15) is 11.1 Å². The molecule has 40 heavy (non-hydrogen) atoms. The normalized spacial score (nSPS) is 10.8. The quantitative estimate of drug-likeness (QED) is 0.0731. The second-order valence-corrected chi connectivity index (χ2v) is 9.83. The zero-order valence-corrected chi connectivity index (χ0v) is 23.2. The number of nitro benzene ring substituents is 2. The van der Waals surface area contributed by atoms with Crippen LogP contribution in [0.5, 0.6) is 0 Å². The molecule has 2 aromatic heterocycles. The highest BCUT2D eigenvalue weighted by atomic mass is 127. The first-order valence-corrected chi connectivity index (χ1v) is 13.8. The van der Waals surface area contributed by atoms with Crippen molar-refractivity contribution in [2.24, 2.45) is 0 Å². The summed E-state index contributed by atoms with van der Waals surface area (Å²) in [6.45, 7) is -0.220. The van der Waals surface area contributed by atoms with Crippen molar-refractivity contribution in [1.29, 1.82) is 0 Å². The van der Waals surface area contributed by atoms with Gasteiger partial charge in [0.1, 0.15) is 11.0 Å². The molecular weight excluding hydrogens is 623 g/mol. The number of alkyl halides is 1. The maximum Gasteiger partial charge on any atom is 0.293 e. The number of aliphatic hydroxyl groups excluding tert-OH is 1. The van der Waals surface area contributed by atoms with Gasteiger partial charge in [0.05, 0.1) is 16.5 Å². The molecule has 6 aromatic rings. The van der Waals surface area contributed by atoms with Crippen LogP contribution in [0.4, 0.5) is 11.4 Å². The number of nitrogens with one attached hydrogen (secondary N) is 2. The molecule has 6 rings (SSSR count). The standard InChI is InChI=1S/C15H11IN2O2.C15H12N2O3/c16-9-10-6-12-8-13(11-4-2-1-3-5-11)17-15(12)14(7-10)18(19)20;18-9-10-6-12-8-13(11-4-2-1-3-5-11)16-15(12)14(7-10)17(19)20/h1-8,17H,9H2;1-8,16,18H,9H2. The minimum atomic E-state index is -0.438. The van der Waals surface area contributed by atoms with E-state index in [0.29, 0.717) is 16.6 Å². The number of hydrogen-bond donors (Lipinski definition) is 3. The van der Waals surface area contributed by atoms with Gasteiger partial charge in [0.25, 0.3) is 11.4 Å². The van der Waals surface area contributed by atoms with Gasteiger partial charge in [-0.2, -0.15) is 0 Å². The van der Waals surface area contributed by atoms with Gasteiger partial charge in [-0.3, -0.25) is 20.2 Å². The lowest BCUT2D eigenvalue weighted by Crippen LogP contribution is -1.92. The van der Waals surface area contributed by atoms with Crippen molar-refractivity contribution in [3.8, 4) is 22.5 Å². The lowest BCUT2D eigenvalue weighted by molar-refractivity contribution is -0.383. The Balaban J connectivity index is 0.000000161. The lowest BCUT2D eigenvalue weighted by Gasteiger charge is -1.98. The number of H-pyrrole nitrogens is 2. The predicted molar refractivity (Wildman–Crippen MR) is 164 cm³/mol. The first kappa shape index (κ1) is 27.0. The molecule has 9 nitrogen and oxygen atoms in total. The molecule has 0 radical (unpaired) electrons. The maximum absolute atomic E-state index is 11.2. The van der Waals surface area contributed by atoms with E-state index in [4.69, 9.17) is 0 Å². The molecule has 0 aliphatic carbocycles. The summed E-state index contributed by atoms with van der Waals surface area (Å²) in [5.41, 5.74) is 6.37. The molecule has 0 unspecified atom stereocenters. The molecule has 0 saturated heterocycles. The summed E-state index contributed by atoms with van der Waals surface area (Å²) >= 11 is 2.21. The summed E-state index contributed by atoms with van der Waals surface area (Å²) in [6, 6.07) is 30.0. The fourth-order valence-corrected chi connectivity index (χ4v) is 5.01. The van der Waals surface area contributed by atoms with Crippen LogP contribution in [-0.4, -0.2) is 24.9 Å². The molecule has 200 valence electrons. The van der Waals surface area contributed by atoms with Gasteiger partial charge in [0.15, 0.2) is 0 Å². The summed E-state index contributed by atoms with van der Waals surface area (Å²) in [6.07, 6.45) is 0. The topological polar surface area (TPSA) is 138 Å². The molecule has 0 bridgehead atoms. The SMILES string of the molecule is O=[N+]([O-])c1cc(CI)cc2cc(-c3ccccc3)[nH]c12.O=[N+]([O-])c1cc(CO)cc2cc(-c3ccccc3)[nH]c12. The van der Waals surface area contributed by atoms with Crippen molar-refractivity contribution in [3.05, 3.63) is 128 Å². The van der Waals surface area contributed by atoms with Gasteiger partial charge >= 0.3 is 0 Å². The monoisotopic (exact) mass is 646 g/mol. The molecule has 0 amide bonds. The summed E-state index contributed by atoms with van der Waals surface area (Å²) in [5, 5.41) is 33.1. The minimum absolute atomic E-state index is 0.0197. The van der Waals surface area contributed by atoms with Crippen LogP contribution in [0, 0.1) is 20.2 Å². The summed E-state index contributed by atoms with van der Waals surface area (Å²) in [7, 11) is 0. The van der Waals surface area contributed by atoms with Gasteiger partial charge in [0, 0.05) is 38.7 Å². The van der Waals surface area contributed by atoms with E-state index in [2.05, 4.69) is 32.6 Å². The average molecular weight is 646 g/mol. The van der Waals surface area contributed by atoms with E-state index in [9.17, 15) is 25.3 Å². The first-order chi connectivity index (χ1) is 19.4. The summed E-state index contributed by atoms with van der Waals surface area (Å²) < 4.78 is 0.750. The Labute approximate surface area is 241 Å². The molecule has 4 aromatic carbocycles. The molecule has 0 saturated carbocycles. The van der Waals surface area contributed by atoms with Crippen molar-refractivity contribution in [2.45, 2.75) is 11.0 Å². The third kappa shape index (κ3) is 5.58. The van der Waals surface area contributed by atoms with Gasteiger partial charge in [0.2, 0.25) is 0 Å². The number of rotatable bonds is 6. The van der Waals surface area contributed by atoms with E-state index < -0.39 is 4.92 Å². The maximum atomic E-state index is 11.2. The summed E-state index contributed by atoms with van der Waals surface area (Å²) in [5.74, 6) is 0. The summed E-state index contributed by atoms with van der Waals surface area (Å²) in [4.78, 5) is 27.8. The van der Waals surface area contributed by atoms with E-state index in [-0.39, 0.29) is 22.9 Å². The highest BCUT2D eigenvalue weighted by molar-refractivity contribution is 14.1. The second kappa shape index (κ2) is 11.7. The van der Waals surface area contributed by atoms with Crippen molar-refractivity contribution in [3.63, 3.8) is 0 Å². The van der Waals surface area contributed by atoms with E-state index in [1.165, 1.54) is 6.07 Å². The highest BCUT2D eigenvalue weighted by Gasteiger charge is 2.18. The van der Waals surface area contributed by atoms with Crippen molar-refractivity contribution in [1.82, 2.24) is 9.97 Å². The Bertz CT molecular complexity index is 1700. The van der Waals surface area contributed by atoms with Crippen LogP contribution in [0.15, 0.2) is 97.1 Å². The largest absolute Gasteiger partial charge is 0.392 e. The number of fused-ring (bicyclic) bond motifs is 2. The minimum Gasteiger partial charge on any atom is -0.392 e. The molecule has 2 heterocycles. The molecule has 0 aliphatic rings. The van der Waals surface area contributed by atoms with Crippen LogP contribution in [0.25, 0.3) is 44.3 Å². The Hall–Kier alpha value is -4.55. The zero-order chi connectivity index (χ0) is 28.2. The Kier molecular flexibility index (Phi) is 7.89. The van der Waals surface area contributed by atoms with E-state index in [1.807, 2.05) is 78.9 Å². The highest BCUT2D eigenvalue weighted by Crippen LogP contribution is 2.33. The number of non-ortho nitro benzene ring substituents is 2. The van der Waals surface area contributed by atoms with Crippen LogP contribution >= 0.6 is 22.6 Å².